The second-order valence-corrected chi connectivity index (χ2v) is 13.1. The van der Waals surface area contributed by atoms with Gasteiger partial charge in [-0.15, -0.1) is 0 Å². The summed E-state index contributed by atoms with van der Waals surface area (Å²) in [5, 5.41) is 4.50. The molecule has 248 valence electrons. The standard InChI is InChI=1S/C46H28N6O/c1-3-14-29(15-4-1)43-48-44(30-16-5-2-6-17-30)50-46(49-43)52-39-24-11-8-21-34(39)36-27-26-35-33-20-7-10-23-38(33)51(41(35)42(36)52)32-19-13-18-31(28-32)45-47-37-22-9-12-25-40(37)53-45/h1-28H. The second-order valence-electron chi connectivity index (χ2n) is 13.1. The molecule has 11 rings (SSSR count). The molecule has 0 atom stereocenters. The molecule has 0 saturated heterocycles. The first-order valence-electron chi connectivity index (χ1n) is 17.6. The highest BCUT2D eigenvalue weighted by Crippen LogP contribution is 2.42. The summed E-state index contributed by atoms with van der Waals surface area (Å²) in [6.07, 6.45) is 0. The van der Waals surface area contributed by atoms with Gasteiger partial charge in [0, 0.05) is 43.9 Å². The van der Waals surface area contributed by atoms with E-state index in [1.165, 1.54) is 0 Å². The van der Waals surface area contributed by atoms with E-state index in [1.54, 1.807) is 0 Å². The van der Waals surface area contributed by atoms with Crippen molar-refractivity contribution in [3.8, 4) is 45.9 Å². The Labute approximate surface area is 303 Å². The molecule has 53 heavy (non-hydrogen) atoms. The zero-order valence-corrected chi connectivity index (χ0v) is 28.3. The topological polar surface area (TPSA) is 74.6 Å². The van der Waals surface area contributed by atoms with Crippen LogP contribution in [0.4, 0.5) is 0 Å². The Morgan fingerprint density at radius 1 is 0.396 bits per heavy atom. The lowest BCUT2D eigenvalue weighted by molar-refractivity contribution is 0.620. The fourth-order valence-electron chi connectivity index (χ4n) is 7.65. The molecule has 0 aliphatic heterocycles. The Kier molecular flexibility index (Phi) is 6.42. The summed E-state index contributed by atoms with van der Waals surface area (Å²) in [6.45, 7) is 0. The first-order valence-corrected chi connectivity index (χ1v) is 17.6. The van der Waals surface area contributed by atoms with Gasteiger partial charge in [0.05, 0.1) is 22.1 Å². The number of oxazole rings is 1. The lowest BCUT2D eigenvalue weighted by atomic mass is 10.1. The lowest BCUT2D eigenvalue weighted by Gasteiger charge is -2.13. The molecule has 0 aliphatic rings. The number of rotatable bonds is 5. The predicted molar refractivity (Wildman–Crippen MR) is 212 cm³/mol. The van der Waals surface area contributed by atoms with Crippen LogP contribution < -0.4 is 0 Å². The van der Waals surface area contributed by atoms with Crippen LogP contribution in [0.3, 0.4) is 0 Å². The van der Waals surface area contributed by atoms with Crippen LogP contribution in [0, 0.1) is 0 Å². The molecule has 11 aromatic rings. The predicted octanol–water partition coefficient (Wildman–Crippen LogP) is 11.2. The highest BCUT2D eigenvalue weighted by atomic mass is 16.3. The van der Waals surface area contributed by atoms with Gasteiger partial charge in [0.1, 0.15) is 5.52 Å². The molecular formula is C46H28N6O. The highest BCUT2D eigenvalue weighted by molar-refractivity contribution is 6.23. The molecule has 0 amide bonds. The third-order valence-electron chi connectivity index (χ3n) is 10.0. The number of aromatic nitrogens is 6. The molecule has 7 nitrogen and oxygen atoms in total. The van der Waals surface area contributed by atoms with E-state index in [4.69, 9.17) is 24.4 Å². The van der Waals surface area contributed by atoms with Crippen molar-refractivity contribution in [2.24, 2.45) is 0 Å². The van der Waals surface area contributed by atoms with Crippen molar-refractivity contribution < 1.29 is 4.42 Å². The summed E-state index contributed by atoms with van der Waals surface area (Å²) in [4.78, 5) is 20.3. The van der Waals surface area contributed by atoms with Gasteiger partial charge in [-0.1, -0.05) is 127 Å². The minimum atomic E-state index is 0.549. The molecule has 7 aromatic carbocycles. The molecule has 0 radical (unpaired) electrons. The van der Waals surface area contributed by atoms with Crippen molar-refractivity contribution in [3.63, 3.8) is 0 Å². The van der Waals surface area contributed by atoms with E-state index in [-0.39, 0.29) is 0 Å². The van der Waals surface area contributed by atoms with Crippen molar-refractivity contribution in [1.82, 2.24) is 29.1 Å². The Hall–Kier alpha value is -7.38. The van der Waals surface area contributed by atoms with E-state index in [0.717, 1.165) is 77.1 Å². The fraction of sp³-hybridized carbons (Fsp3) is 0. The summed E-state index contributed by atoms with van der Waals surface area (Å²) >= 11 is 0. The van der Waals surface area contributed by atoms with Crippen LogP contribution in [0.25, 0.3) is 101 Å². The monoisotopic (exact) mass is 680 g/mol. The average Bonchev–Trinajstić information content (AvgIpc) is 3.92. The average molecular weight is 681 g/mol. The number of nitrogens with zero attached hydrogens (tertiary/aromatic N) is 6. The van der Waals surface area contributed by atoms with Gasteiger partial charge in [-0.2, -0.15) is 9.97 Å². The van der Waals surface area contributed by atoms with Crippen LogP contribution in [-0.2, 0) is 0 Å². The minimum absolute atomic E-state index is 0.549. The van der Waals surface area contributed by atoms with Gasteiger partial charge in [-0.3, -0.25) is 4.57 Å². The third kappa shape index (κ3) is 4.61. The second kappa shape index (κ2) is 11.6. The van der Waals surface area contributed by atoms with E-state index < -0.39 is 0 Å². The molecule has 0 spiro atoms. The Bertz CT molecular complexity index is 3090. The fourth-order valence-corrected chi connectivity index (χ4v) is 7.65. The van der Waals surface area contributed by atoms with Gasteiger partial charge >= 0.3 is 0 Å². The number of benzene rings is 7. The van der Waals surface area contributed by atoms with E-state index in [0.29, 0.717) is 23.5 Å². The maximum atomic E-state index is 6.24. The van der Waals surface area contributed by atoms with Crippen molar-refractivity contribution in [2.45, 2.75) is 0 Å². The smallest absolute Gasteiger partial charge is 0.238 e. The number of fused-ring (bicyclic) bond motifs is 8. The summed E-state index contributed by atoms with van der Waals surface area (Å²) in [5.74, 6) is 2.35. The van der Waals surface area contributed by atoms with Crippen molar-refractivity contribution in [1.29, 1.82) is 0 Å². The van der Waals surface area contributed by atoms with E-state index in [1.807, 2.05) is 84.9 Å². The Morgan fingerprint density at radius 2 is 0.943 bits per heavy atom. The summed E-state index contributed by atoms with van der Waals surface area (Å²) in [7, 11) is 0. The zero-order valence-electron chi connectivity index (χ0n) is 28.3. The van der Waals surface area contributed by atoms with Crippen LogP contribution in [0.15, 0.2) is 174 Å². The quantitative estimate of drug-likeness (QED) is 0.181. The van der Waals surface area contributed by atoms with Gasteiger partial charge in [0.15, 0.2) is 17.2 Å². The first-order chi connectivity index (χ1) is 26.3. The summed E-state index contributed by atoms with van der Waals surface area (Å²) in [6, 6.07) is 58.1. The van der Waals surface area contributed by atoms with E-state index in [2.05, 4.69) is 94.1 Å². The van der Waals surface area contributed by atoms with Gasteiger partial charge in [-0.05, 0) is 42.5 Å². The van der Waals surface area contributed by atoms with Crippen LogP contribution in [0.2, 0.25) is 0 Å². The molecule has 0 aliphatic carbocycles. The third-order valence-corrected chi connectivity index (χ3v) is 10.0. The highest BCUT2D eigenvalue weighted by Gasteiger charge is 2.23. The maximum absolute atomic E-state index is 6.24. The van der Waals surface area contributed by atoms with Crippen LogP contribution >= 0.6 is 0 Å². The molecule has 0 N–H and O–H groups in total. The summed E-state index contributed by atoms with van der Waals surface area (Å²) < 4.78 is 10.8. The van der Waals surface area contributed by atoms with Crippen LogP contribution in [-0.4, -0.2) is 29.1 Å². The van der Waals surface area contributed by atoms with Gasteiger partial charge in [-0.25, -0.2) is 9.97 Å². The van der Waals surface area contributed by atoms with Gasteiger partial charge in [0.25, 0.3) is 0 Å². The maximum Gasteiger partial charge on any atom is 0.238 e. The van der Waals surface area contributed by atoms with Crippen molar-refractivity contribution in [3.05, 3.63) is 170 Å². The van der Waals surface area contributed by atoms with Gasteiger partial charge in [0.2, 0.25) is 11.8 Å². The van der Waals surface area contributed by atoms with Crippen LogP contribution in [0.1, 0.15) is 0 Å². The normalized spacial score (nSPS) is 11.8. The number of hydrogen-bond donors (Lipinski definition) is 0. The molecule has 0 saturated carbocycles. The largest absolute Gasteiger partial charge is 0.436 e. The Balaban J connectivity index is 1.25. The van der Waals surface area contributed by atoms with Crippen LogP contribution in [0.5, 0.6) is 0 Å². The first kappa shape index (κ1) is 29.4. The SMILES string of the molecule is c1ccc(-c2nc(-c3ccccc3)nc(-n3c4ccccc4c4ccc5c6ccccc6n(-c6cccc(-c7nc8ccccc8o7)c6)c5c43)n2)cc1. The summed E-state index contributed by atoms with van der Waals surface area (Å²) in [5.41, 5.74) is 9.49. The zero-order chi connectivity index (χ0) is 34.9. The molecular weight excluding hydrogens is 653 g/mol. The van der Waals surface area contributed by atoms with Gasteiger partial charge < -0.3 is 8.98 Å². The molecule has 7 heteroatoms. The Morgan fingerprint density at radius 3 is 1.60 bits per heavy atom. The van der Waals surface area contributed by atoms with E-state index in [9.17, 15) is 0 Å². The van der Waals surface area contributed by atoms with Crippen molar-refractivity contribution in [2.75, 3.05) is 0 Å². The molecule has 0 fully saturated rings. The van der Waals surface area contributed by atoms with Crippen molar-refractivity contribution >= 4 is 54.7 Å². The molecule has 0 unspecified atom stereocenters. The minimum Gasteiger partial charge on any atom is -0.436 e. The number of para-hydroxylation sites is 4. The number of hydrogen-bond acceptors (Lipinski definition) is 5. The lowest BCUT2D eigenvalue weighted by Crippen LogP contribution is -2.07. The molecule has 0 bridgehead atoms. The molecule has 4 aromatic heterocycles. The van der Waals surface area contributed by atoms with E-state index >= 15 is 0 Å². The molecule has 4 heterocycles.